The van der Waals surface area contributed by atoms with Crippen molar-refractivity contribution in [1.82, 2.24) is 15.6 Å². The number of amides is 2. The number of nitrogens with zero attached hydrogens (tertiary/aromatic N) is 1. The summed E-state index contributed by atoms with van der Waals surface area (Å²) in [5, 5.41) is 14.1. The molecule has 0 saturated carbocycles. The molecule has 1 aromatic heterocycles. The van der Waals surface area contributed by atoms with Gasteiger partial charge in [-0.05, 0) is 30.5 Å². The Morgan fingerprint density at radius 3 is 2.65 bits per heavy atom. The molecule has 0 aliphatic heterocycles. The van der Waals surface area contributed by atoms with Crippen molar-refractivity contribution in [1.29, 1.82) is 0 Å². The lowest BCUT2D eigenvalue weighted by atomic mass is 10.1. The van der Waals surface area contributed by atoms with E-state index >= 15 is 0 Å². The number of hydrogen-bond donors (Lipinski definition) is 3. The van der Waals surface area contributed by atoms with Crippen molar-refractivity contribution in [2.75, 3.05) is 6.54 Å². The van der Waals surface area contributed by atoms with Crippen molar-refractivity contribution in [3.8, 4) is 0 Å². The second kappa shape index (κ2) is 8.90. The van der Waals surface area contributed by atoms with Crippen LogP contribution in [0.25, 0.3) is 0 Å². The van der Waals surface area contributed by atoms with Gasteiger partial charge in [-0.25, -0.2) is 9.59 Å². The molecule has 6 heteroatoms. The van der Waals surface area contributed by atoms with Gasteiger partial charge in [0.25, 0.3) is 0 Å². The number of urea groups is 1. The van der Waals surface area contributed by atoms with Crippen LogP contribution in [0.5, 0.6) is 0 Å². The number of carbonyl (C=O) groups is 2. The molecule has 2 amide bonds. The van der Waals surface area contributed by atoms with E-state index in [1.54, 1.807) is 12.4 Å². The number of aliphatic carboxylic acids is 1. The lowest BCUT2D eigenvalue weighted by molar-refractivity contribution is -0.139. The molecule has 0 radical (unpaired) electrons. The molecule has 0 saturated heterocycles. The third-order valence-electron chi connectivity index (χ3n) is 2.90. The Labute approximate surface area is 118 Å². The van der Waals surface area contributed by atoms with Crippen molar-refractivity contribution in [2.45, 2.75) is 38.6 Å². The Kier molecular flexibility index (Phi) is 7.10. The first-order chi connectivity index (χ1) is 9.63. The van der Waals surface area contributed by atoms with Gasteiger partial charge in [-0.3, -0.25) is 4.98 Å². The number of carboxylic acid groups (broad SMARTS) is 1. The van der Waals surface area contributed by atoms with Gasteiger partial charge in [-0.2, -0.15) is 0 Å². The van der Waals surface area contributed by atoms with Crippen LogP contribution >= 0.6 is 0 Å². The van der Waals surface area contributed by atoms with E-state index in [1.807, 2.05) is 19.1 Å². The highest BCUT2D eigenvalue weighted by Crippen LogP contribution is 2.01. The summed E-state index contributed by atoms with van der Waals surface area (Å²) in [5.74, 6) is -0.997. The quantitative estimate of drug-likeness (QED) is 0.673. The maximum Gasteiger partial charge on any atom is 0.326 e. The lowest BCUT2D eigenvalue weighted by Crippen LogP contribution is -2.46. The van der Waals surface area contributed by atoms with E-state index in [2.05, 4.69) is 15.6 Å². The molecule has 0 fully saturated rings. The molecule has 0 bridgehead atoms. The summed E-state index contributed by atoms with van der Waals surface area (Å²) in [6, 6.07) is 2.49. The van der Waals surface area contributed by atoms with Crippen LogP contribution in [0.1, 0.15) is 31.7 Å². The second-order valence-electron chi connectivity index (χ2n) is 4.54. The number of nitrogens with one attached hydrogen (secondary N) is 2. The molecule has 3 N–H and O–H groups in total. The van der Waals surface area contributed by atoms with Crippen LogP contribution in [-0.2, 0) is 11.2 Å². The summed E-state index contributed by atoms with van der Waals surface area (Å²) >= 11 is 0. The second-order valence-corrected chi connectivity index (χ2v) is 4.54. The molecule has 0 aromatic carbocycles. The highest BCUT2D eigenvalue weighted by atomic mass is 16.4. The molecule has 0 unspecified atom stereocenters. The molecular formula is C14H21N3O3. The SMILES string of the molecule is CCCC[C@H](NC(=O)NCCc1ccncc1)C(=O)O. The number of carbonyl (C=O) groups excluding carboxylic acids is 1. The van der Waals surface area contributed by atoms with Crippen LogP contribution in [-0.4, -0.2) is 34.7 Å². The van der Waals surface area contributed by atoms with Gasteiger partial charge in [0, 0.05) is 18.9 Å². The zero-order chi connectivity index (χ0) is 14.8. The van der Waals surface area contributed by atoms with Crippen molar-refractivity contribution in [3.63, 3.8) is 0 Å². The minimum absolute atomic E-state index is 0.442. The molecule has 0 aliphatic carbocycles. The highest BCUT2D eigenvalue weighted by molar-refractivity contribution is 5.82. The van der Waals surface area contributed by atoms with E-state index in [9.17, 15) is 9.59 Å². The fraction of sp³-hybridized carbons (Fsp3) is 0.500. The summed E-state index contributed by atoms with van der Waals surface area (Å²) < 4.78 is 0. The molecular weight excluding hydrogens is 258 g/mol. The minimum Gasteiger partial charge on any atom is -0.480 e. The molecule has 1 rings (SSSR count). The van der Waals surface area contributed by atoms with Gasteiger partial charge in [-0.1, -0.05) is 19.8 Å². The van der Waals surface area contributed by atoms with E-state index in [0.717, 1.165) is 18.4 Å². The Bertz CT molecular complexity index is 423. The van der Waals surface area contributed by atoms with Gasteiger partial charge >= 0.3 is 12.0 Å². The fourth-order valence-electron chi connectivity index (χ4n) is 1.74. The maximum absolute atomic E-state index is 11.6. The molecule has 1 atom stereocenters. The summed E-state index contributed by atoms with van der Waals surface area (Å²) in [7, 11) is 0. The number of aromatic nitrogens is 1. The third-order valence-corrected chi connectivity index (χ3v) is 2.90. The first-order valence-electron chi connectivity index (χ1n) is 6.79. The Hall–Kier alpha value is -2.11. The molecule has 1 heterocycles. The molecule has 1 aromatic rings. The predicted octanol–water partition coefficient (Wildman–Crippen LogP) is 1.57. The van der Waals surface area contributed by atoms with Crippen molar-refractivity contribution >= 4 is 12.0 Å². The van der Waals surface area contributed by atoms with Crippen molar-refractivity contribution in [2.24, 2.45) is 0 Å². The van der Waals surface area contributed by atoms with Gasteiger partial charge in [0.1, 0.15) is 6.04 Å². The molecule has 20 heavy (non-hydrogen) atoms. The van der Waals surface area contributed by atoms with E-state index in [-0.39, 0.29) is 0 Å². The van der Waals surface area contributed by atoms with Crippen molar-refractivity contribution in [3.05, 3.63) is 30.1 Å². The number of carboxylic acids is 1. The standard InChI is InChI=1S/C14H21N3O3/c1-2-3-4-12(13(18)19)17-14(20)16-10-7-11-5-8-15-9-6-11/h5-6,8-9,12H,2-4,7,10H2,1H3,(H,18,19)(H2,16,17,20)/t12-/m0/s1. The van der Waals surface area contributed by atoms with E-state index < -0.39 is 18.0 Å². The maximum atomic E-state index is 11.6. The molecule has 110 valence electrons. The molecule has 6 nitrogen and oxygen atoms in total. The molecule has 0 spiro atoms. The van der Waals surface area contributed by atoms with E-state index in [4.69, 9.17) is 5.11 Å². The van der Waals surface area contributed by atoms with Gasteiger partial charge in [-0.15, -0.1) is 0 Å². The van der Waals surface area contributed by atoms with Gasteiger partial charge in [0.15, 0.2) is 0 Å². The summed E-state index contributed by atoms with van der Waals surface area (Å²) in [6.07, 6.45) is 6.19. The van der Waals surface area contributed by atoms with E-state index in [0.29, 0.717) is 19.4 Å². The van der Waals surface area contributed by atoms with Crippen LogP contribution < -0.4 is 10.6 Å². The van der Waals surface area contributed by atoms with Crippen molar-refractivity contribution < 1.29 is 14.7 Å². The molecule has 0 aliphatic rings. The highest BCUT2D eigenvalue weighted by Gasteiger charge is 2.18. The smallest absolute Gasteiger partial charge is 0.326 e. The third kappa shape index (κ3) is 6.17. The normalized spacial score (nSPS) is 11.7. The van der Waals surface area contributed by atoms with Crippen LogP contribution in [0.2, 0.25) is 0 Å². The van der Waals surface area contributed by atoms with Gasteiger partial charge < -0.3 is 15.7 Å². The largest absolute Gasteiger partial charge is 0.480 e. The first kappa shape index (κ1) is 15.9. The Morgan fingerprint density at radius 1 is 1.35 bits per heavy atom. The fourth-order valence-corrected chi connectivity index (χ4v) is 1.74. The van der Waals surface area contributed by atoms with Crippen LogP contribution in [0.4, 0.5) is 4.79 Å². The monoisotopic (exact) mass is 279 g/mol. The average molecular weight is 279 g/mol. The zero-order valence-electron chi connectivity index (χ0n) is 11.6. The van der Waals surface area contributed by atoms with Crippen LogP contribution in [0.15, 0.2) is 24.5 Å². The number of rotatable bonds is 8. The number of hydrogen-bond acceptors (Lipinski definition) is 3. The first-order valence-corrected chi connectivity index (χ1v) is 6.79. The zero-order valence-corrected chi connectivity index (χ0v) is 11.6. The topological polar surface area (TPSA) is 91.3 Å². The minimum atomic E-state index is -0.997. The number of pyridine rings is 1. The van der Waals surface area contributed by atoms with Gasteiger partial charge in [0.05, 0.1) is 0 Å². The average Bonchev–Trinajstić information content (AvgIpc) is 2.44. The van der Waals surface area contributed by atoms with Crippen LogP contribution in [0.3, 0.4) is 0 Å². The predicted molar refractivity (Wildman–Crippen MR) is 75.4 cm³/mol. The summed E-state index contributed by atoms with van der Waals surface area (Å²) in [6.45, 7) is 2.43. The Balaban J connectivity index is 2.29. The van der Waals surface area contributed by atoms with E-state index in [1.165, 1.54) is 0 Å². The number of unbranched alkanes of at least 4 members (excludes halogenated alkanes) is 1. The van der Waals surface area contributed by atoms with Crippen LogP contribution in [0, 0.1) is 0 Å². The summed E-state index contributed by atoms with van der Waals surface area (Å²) in [4.78, 5) is 26.5. The summed E-state index contributed by atoms with van der Waals surface area (Å²) in [5.41, 5.74) is 1.07. The lowest BCUT2D eigenvalue weighted by Gasteiger charge is -2.14. The van der Waals surface area contributed by atoms with Gasteiger partial charge in [0.2, 0.25) is 0 Å². The Morgan fingerprint density at radius 2 is 2.05 bits per heavy atom.